The Morgan fingerprint density at radius 3 is 0.906 bits per heavy atom. The van der Waals surface area contributed by atoms with Gasteiger partial charge in [-0.15, -0.1) is 12.4 Å². The lowest BCUT2D eigenvalue weighted by Crippen LogP contribution is -2.26. The van der Waals surface area contributed by atoms with Crippen molar-refractivity contribution in [3.63, 3.8) is 0 Å². The summed E-state index contributed by atoms with van der Waals surface area (Å²) in [7, 11) is 19.4. The molecule has 6 heterocycles. The van der Waals surface area contributed by atoms with Gasteiger partial charge in [0.2, 0.25) is 63.6 Å². The minimum absolute atomic E-state index is 0. The summed E-state index contributed by atoms with van der Waals surface area (Å²) in [6.45, 7) is 14.5. The Balaban J connectivity index is 0.000000430. The fourth-order valence-electron chi connectivity index (χ4n) is 15.1. The van der Waals surface area contributed by atoms with E-state index in [2.05, 4.69) is 114 Å². The van der Waals surface area contributed by atoms with Crippen LogP contribution in [0.4, 0.5) is 23.8 Å². The summed E-state index contributed by atoms with van der Waals surface area (Å²) < 4.78 is 30.3. The molecule has 0 bridgehead atoms. The van der Waals surface area contributed by atoms with Crippen LogP contribution >= 0.6 is 79.1 Å². The second kappa shape index (κ2) is 79.8. The number of hydrogen-bond donors (Lipinski definition) is 3. The van der Waals surface area contributed by atoms with E-state index in [1.807, 2.05) is 123 Å². The van der Waals surface area contributed by atoms with E-state index in [0.29, 0.717) is 59.1 Å². The van der Waals surface area contributed by atoms with E-state index in [-0.39, 0.29) is 40.9 Å². The van der Waals surface area contributed by atoms with Crippen LogP contribution in [0.2, 0.25) is 15.7 Å². The molecule has 6 aliphatic rings. The Bertz CT molecular complexity index is 3840. The number of aliphatic hydroxyl groups is 1. The normalized spacial score (nSPS) is 14.2. The molecule has 0 radical (unpaired) electrons. The molecule has 30 heteroatoms. The molecule has 12 rings (SSSR count). The first-order chi connectivity index (χ1) is 66.2. The van der Waals surface area contributed by atoms with Crippen molar-refractivity contribution in [2.24, 2.45) is 0 Å². The summed E-state index contributed by atoms with van der Waals surface area (Å²) in [6.07, 6.45) is 78.7. The molecule has 0 unspecified atom stereocenters. The molecule has 6 aliphatic carbocycles. The highest BCUT2D eigenvalue weighted by molar-refractivity contribution is 9.10. The van der Waals surface area contributed by atoms with Gasteiger partial charge in [-0.1, -0.05) is 286 Å². The molecule has 138 heavy (non-hydrogen) atoms. The molecule has 3 N–H and O–H groups in total. The molecule has 788 valence electrons. The van der Waals surface area contributed by atoms with Gasteiger partial charge in [0.1, 0.15) is 40.1 Å². The number of nitrogens with zero attached hydrogens (tertiary/aromatic N) is 16. The van der Waals surface area contributed by atoms with Crippen LogP contribution < -0.4 is 48.6 Å². The number of halogens is 6. The van der Waals surface area contributed by atoms with E-state index in [0.717, 1.165) is 170 Å². The molecule has 0 atom stereocenters. The number of ether oxygens (including phenoxy) is 5. The van der Waals surface area contributed by atoms with Crippen LogP contribution in [0.5, 0.6) is 35.1 Å². The average molecular weight is 2140 g/mol. The Morgan fingerprint density at radius 1 is 0.333 bits per heavy atom. The van der Waals surface area contributed by atoms with Crippen molar-refractivity contribution in [2.45, 2.75) is 470 Å². The number of aromatic hydroxyl groups is 1. The monoisotopic (exact) mass is 2130 g/mol. The van der Waals surface area contributed by atoms with Crippen molar-refractivity contribution in [3.05, 3.63) is 78.6 Å². The maximum Gasteiger partial charge on any atom is 0.262 e. The van der Waals surface area contributed by atoms with Crippen LogP contribution in [0, 0.1) is 20.8 Å². The van der Waals surface area contributed by atoms with Gasteiger partial charge in [-0.05, 0) is 234 Å². The molecule has 6 aromatic rings. The largest absolute Gasteiger partial charge is 0.502 e. The summed E-state index contributed by atoms with van der Waals surface area (Å²) in [5.41, 5.74) is 5.51. The fourth-order valence-corrected chi connectivity index (χ4v) is 16.3. The van der Waals surface area contributed by atoms with Gasteiger partial charge in [-0.25, -0.2) is 34.9 Å². The topological polar surface area (TPSA) is 266 Å². The molecular formula is C108H187Br2Cl4N17O7. The van der Waals surface area contributed by atoms with Crippen molar-refractivity contribution in [1.82, 2.24) is 65.1 Å². The summed E-state index contributed by atoms with van der Waals surface area (Å²) in [6, 6.07) is 7.41. The Morgan fingerprint density at radius 2 is 0.594 bits per heavy atom. The molecule has 0 amide bonds. The molecule has 0 saturated heterocycles. The minimum atomic E-state index is 0. The molecule has 0 aromatic carbocycles. The van der Waals surface area contributed by atoms with E-state index in [4.69, 9.17) is 73.6 Å². The zero-order valence-corrected chi connectivity index (χ0v) is 95.1. The maximum absolute atomic E-state index is 10.6. The lowest BCUT2D eigenvalue weighted by Gasteiger charge is -2.27. The molecule has 24 nitrogen and oxygen atoms in total. The van der Waals surface area contributed by atoms with E-state index in [9.17, 15) is 5.11 Å². The average Bonchev–Trinajstić information content (AvgIpc) is 0.813. The fraction of sp³-hybridized carbons (Fsp3) is 0.778. The zero-order chi connectivity index (χ0) is 100. The third kappa shape index (κ3) is 59.7. The number of nitrogens with one attached hydrogen (secondary N) is 1. The van der Waals surface area contributed by atoms with Gasteiger partial charge in [-0.2, -0.15) is 24.9 Å². The van der Waals surface area contributed by atoms with E-state index in [1.54, 1.807) is 13.0 Å². The van der Waals surface area contributed by atoms with Crippen LogP contribution in [0.15, 0.2) is 28.7 Å². The van der Waals surface area contributed by atoms with Crippen molar-refractivity contribution < 1.29 is 33.9 Å². The number of anilines is 4. The van der Waals surface area contributed by atoms with Gasteiger partial charge in [0.15, 0.2) is 0 Å². The van der Waals surface area contributed by atoms with E-state index >= 15 is 0 Å². The Hall–Kier alpha value is -5.48. The Labute approximate surface area is 875 Å². The molecule has 6 aromatic heterocycles. The van der Waals surface area contributed by atoms with Crippen molar-refractivity contribution >= 4 is 103 Å². The highest BCUT2D eigenvalue weighted by Gasteiger charge is 2.28. The number of alkyl halides is 1. The third-order valence-corrected chi connectivity index (χ3v) is 26.2. The molecular weight excluding hydrogens is 1950 g/mol. The lowest BCUT2D eigenvalue weighted by atomic mass is 9.96. The second-order valence-electron chi connectivity index (χ2n) is 38.8. The maximum atomic E-state index is 10.6. The summed E-state index contributed by atoms with van der Waals surface area (Å²) in [5.74, 6) is 6.15. The van der Waals surface area contributed by atoms with Crippen molar-refractivity contribution in [3.8, 4) is 35.1 Å². The van der Waals surface area contributed by atoms with Gasteiger partial charge in [0, 0.05) is 103 Å². The van der Waals surface area contributed by atoms with E-state index < -0.39 is 0 Å². The Kier molecular flexibility index (Phi) is 73.3. The number of rotatable bonds is 56. The van der Waals surface area contributed by atoms with Gasteiger partial charge in [0.05, 0.1) is 17.5 Å². The van der Waals surface area contributed by atoms with E-state index in [1.165, 1.54) is 283 Å². The van der Waals surface area contributed by atoms with Crippen LogP contribution in [0.3, 0.4) is 0 Å². The highest BCUT2D eigenvalue weighted by Crippen LogP contribution is 2.37. The minimum Gasteiger partial charge on any atom is -0.502 e. The van der Waals surface area contributed by atoms with Crippen LogP contribution in [-0.2, 0) is 19.3 Å². The van der Waals surface area contributed by atoms with Crippen molar-refractivity contribution in [2.75, 3.05) is 95.4 Å². The third-order valence-electron chi connectivity index (χ3n) is 24.9. The molecule has 6 saturated carbocycles. The lowest BCUT2D eigenvalue weighted by molar-refractivity contribution is 0.0949. The number of aromatic nitrogens is 12. The molecule has 0 spiro atoms. The first kappa shape index (κ1) is 127. The summed E-state index contributed by atoms with van der Waals surface area (Å²) >= 11 is 23.5. The predicted molar refractivity (Wildman–Crippen MR) is 589 cm³/mol. The number of aliphatic hydroxyl groups excluding tert-OH is 1. The molecule has 6 fully saturated rings. The SMILES string of the molecule is CCBr.CCCCCCCCCCCCCCCc1cc(OC2CCC2)nc(N(C)C)n1.CCCCCCCCCCCCCCCc1nc(N(C)C)nc(OC2CCC2)c1Br.CCCCCCCCCCCCCCCc1nc(N(C)C)nc(OC2CCC2)c1O.CNC.Cc1cc(Cl)nc(Cl)n1.Cc1cc(OC2CCC2)nc(Cl)n1.Cc1cc(OC2CCC2)nc(N(C)C)n1.Cl.OC1CCC1. The van der Waals surface area contributed by atoms with Gasteiger partial charge in [-0.3, -0.25) is 0 Å². The van der Waals surface area contributed by atoms with Gasteiger partial charge in [0.25, 0.3) is 5.88 Å². The zero-order valence-electron chi connectivity index (χ0n) is 88.8. The van der Waals surface area contributed by atoms with Crippen LogP contribution in [0.25, 0.3) is 0 Å². The second-order valence-corrected chi connectivity index (χ2v) is 41.8. The number of aryl methyl sites for hydroxylation is 6. The first-order valence-corrected chi connectivity index (χ1v) is 56.7. The van der Waals surface area contributed by atoms with Gasteiger partial charge >= 0.3 is 0 Å². The van der Waals surface area contributed by atoms with Gasteiger partial charge < -0.3 is 58.8 Å². The number of unbranched alkanes of at least 4 members (excludes halogenated alkanes) is 36. The highest BCUT2D eigenvalue weighted by atomic mass is 79.9. The standard InChI is InChI=1S/C25H44BrN3O.C25H45N3O2.C25H45N3O.C11H17N3O.C9H11ClN2O.C5H4Cl2N2.C4H8O.C2H5Br.C2H7N.ClH/c1-4-5-6-7-8-9-10-11-12-13-14-15-16-20-22-23(26)24(30-21-18-17-19-21)28-25(27-22)29(2)3;1-4-5-6-7-8-9-10-11-12-13-14-15-16-20-22-23(29)24(30-21-18-17-19-21)27-25(26-22)28(2)3;1-4-5-6-7-8-9-10-11-12-13-14-15-16-18-22-21-24(29-23-19-17-20-23)27-25(26-22)28(2)3;1-8-7-10(15-9-5-4-6-9)13-11(12-8)14(2)3;1-6-5-8(12-9(10)11-6)13-7-3-2-4-7;1-3-2-4(6)9-5(7)8-3;5-4-2-1-3-4;1-2-3;1-3-2;/h21H,4-20H2,1-3H3;21,29H,4-20H2,1-3H3;21,23H,4-20H2,1-3H3;7,9H,4-6H2,1-3H3;5,7H,2-4H2,1H3;2H,1H3;4-5H,1-3H2;2H2,1H3;3H,1-2H3;1H. The predicted octanol–water partition coefficient (Wildman–Crippen LogP) is 30.2. The van der Waals surface area contributed by atoms with Crippen LogP contribution in [0.1, 0.15) is 428 Å². The number of hydrogen-bond acceptors (Lipinski definition) is 24. The summed E-state index contributed by atoms with van der Waals surface area (Å²) in [5, 5.41) is 23.7. The quantitative estimate of drug-likeness (QED) is 0.0139. The van der Waals surface area contributed by atoms with Crippen molar-refractivity contribution in [1.29, 1.82) is 0 Å². The summed E-state index contributed by atoms with van der Waals surface area (Å²) in [4.78, 5) is 59.4. The van der Waals surface area contributed by atoms with Crippen LogP contribution in [-0.4, -0.2) is 182 Å². The molecule has 0 aliphatic heterocycles. The smallest absolute Gasteiger partial charge is 0.262 e. The first-order valence-electron chi connectivity index (χ1n) is 53.6.